The molecule has 6 aromatic rings. The number of fused-ring (bicyclic) bond motifs is 4. The second-order valence-electron chi connectivity index (χ2n) is 16.9. The second-order valence-corrected chi connectivity index (χ2v) is 18.0. The second kappa shape index (κ2) is 21.2. The first kappa shape index (κ1) is 49.0. The fourth-order valence-corrected chi connectivity index (χ4v) is 11.0. The van der Waals surface area contributed by atoms with E-state index in [4.69, 9.17) is 33.4 Å². The van der Waals surface area contributed by atoms with Gasteiger partial charge < -0.3 is 38.8 Å². The van der Waals surface area contributed by atoms with Gasteiger partial charge in [0, 0.05) is 24.7 Å². The molecule has 0 radical (unpaired) electrons. The number of aliphatic hydroxyl groups excluding tert-OH is 1. The molecule has 6 atom stereocenters. The molecule has 2 saturated heterocycles. The number of carbonyl (C=O) groups is 6. The third kappa shape index (κ3) is 8.81. The summed E-state index contributed by atoms with van der Waals surface area (Å²) in [4.78, 5) is 95.4. The average molecular weight is 993 g/mol. The lowest BCUT2D eigenvalue weighted by Gasteiger charge is -2.46. The zero-order valence-corrected chi connectivity index (χ0v) is 40.0. The van der Waals surface area contributed by atoms with Crippen LogP contribution in [0.1, 0.15) is 52.4 Å². The van der Waals surface area contributed by atoms with E-state index in [1.54, 1.807) is 36.4 Å². The number of aromatic nitrogens is 1. The summed E-state index contributed by atoms with van der Waals surface area (Å²) in [6.07, 6.45) is -2.42. The van der Waals surface area contributed by atoms with Crippen LogP contribution in [0.4, 0.5) is 15.6 Å². The molecule has 18 heteroatoms. The highest BCUT2D eigenvalue weighted by atomic mass is 32.1. The highest BCUT2D eigenvalue weighted by Crippen LogP contribution is 2.67. The molecule has 4 heterocycles. The number of nitrogens with zero attached hydrogens (tertiary/aromatic N) is 3. The van der Waals surface area contributed by atoms with Gasteiger partial charge in [0.25, 0.3) is 0 Å². The van der Waals surface area contributed by atoms with Crippen molar-refractivity contribution in [3.05, 3.63) is 155 Å². The summed E-state index contributed by atoms with van der Waals surface area (Å²) in [6, 6.07) is 33.2. The molecule has 1 aromatic heterocycles. The summed E-state index contributed by atoms with van der Waals surface area (Å²) in [5.41, 5.74) is 0.331. The van der Waals surface area contributed by atoms with Crippen LogP contribution in [-0.4, -0.2) is 105 Å². The van der Waals surface area contributed by atoms with Crippen molar-refractivity contribution in [2.24, 2.45) is 11.8 Å². The standard InChI is InChI=1S/C54H48N4O13S/c1-66-29-30-70-53(65)57-39-26-25-32(15-14-21-36(48(61)67-2)49(62)68-3)31-37(39)54(51(57)64)42(47(60)56-52-55-38-22-11-13-24-41(38)72-52)44-50(63)71-45(34-18-8-5-9-19-34)43(33-16-6-4-7-17-33)58(44)46(54)35-20-10-12-23-40(35)69-28-27-59/h4-13,16-20,22-26,31,36,42-46,59H,21,27-30H2,1-3H3,(H,55,56,60)/t42-,43-,44-,45+,46+,54-/m1/s1. The number of imide groups is 1. The number of cyclic esters (lactones) is 1. The number of methoxy groups -OCH3 is 3. The number of amides is 3. The molecule has 0 saturated carbocycles. The van der Waals surface area contributed by atoms with Gasteiger partial charge in [-0.2, -0.15) is 0 Å². The quantitative estimate of drug-likeness (QED) is 0.0395. The number of aliphatic hydroxyl groups is 1. The van der Waals surface area contributed by atoms with Crippen molar-refractivity contribution in [2.75, 3.05) is 58.0 Å². The number of thiazole rings is 1. The number of hydrogen-bond donors (Lipinski definition) is 2. The number of anilines is 2. The number of rotatable bonds is 14. The molecule has 3 aliphatic heterocycles. The van der Waals surface area contributed by atoms with Gasteiger partial charge in [0.1, 0.15) is 36.5 Å². The van der Waals surface area contributed by atoms with E-state index in [1.807, 2.05) is 83.8 Å². The van der Waals surface area contributed by atoms with Crippen molar-refractivity contribution in [1.29, 1.82) is 0 Å². The Kier molecular flexibility index (Phi) is 14.4. The molecule has 1 spiro atoms. The van der Waals surface area contributed by atoms with Crippen LogP contribution in [0.5, 0.6) is 5.75 Å². The summed E-state index contributed by atoms with van der Waals surface area (Å²) in [7, 11) is 3.70. The van der Waals surface area contributed by atoms with Crippen molar-refractivity contribution in [3.8, 4) is 17.6 Å². The Labute approximate surface area is 417 Å². The lowest BCUT2D eigenvalue weighted by molar-refractivity contribution is -0.178. The predicted octanol–water partition coefficient (Wildman–Crippen LogP) is 6.46. The highest BCUT2D eigenvalue weighted by molar-refractivity contribution is 7.22. The molecule has 17 nitrogen and oxygen atoms in total. The van der Waals surface area contributed by atoms with E-state index in [1.165, 1.54) is 30.6 Å². The molecule has 3 amide bonds. The largest absolute Gasteiger partial charge is 0.491 e. The molecular weight excluding hydrogens is 945 g/mol. The van der Waals surface area contributed by atoms with Crippen LogP contribution >= 0.6 is 11.3 Å². The van der Waals surface area contributed by atoms with Crippen LogP contribution in [0, 0.1) is 23.7 Å². The van der Waals surface area contributed by atoms with Crippen LogP contribution in [0.2, 0.25) is 0 Å². The number of ether oxygens (including phenoxy) is 6. The molecule has 368 valence electrons. The lowest BCUT2D eigenvalue weighted by Crippen LogP contribution is -2.54. The van der Waals surface area contributed by atoms with Gasteiger partial charge in [-0.15, -0.1) is 0 Å². The van der Waals surface area contributed by atoms with Crippen molar-refractivity contribution in [2.45, 2.75) is 36.1 Å². The molecule has 72 heavy (non-hydrogen) atoms. The van der Waals surface area contributed by atoms with E-state index >= 15 is 14.4 Å². The van der Waals surface area contributed by atoms with E-state index in [0.29, 0.717) is 22.2 Å². The van der Waals surface area contributed by atoms with Gasteiger partial charge in [-0.25, -0.2) is 14.7 Å². The monoisotopic (exact) mass is 992 g/mol. The zero-order chi connectivity index (χ0) is 50.5. The van der Waals surface area contributed by atoms with Crippen LogP contribution < -0.4 is 15.0 Å². The Balaban J connectivity index is 1.36. The first-order chi connectivity index (χ1) is 35.1. The number of benzene rings is 5. The zero-order valence-electron chi connectivity index (χ0n) is 39.2. The van der Waals surface area contributed by atoms with Crippen molar-refractivity contribution < 1.29 is 62.3 Å². The van der Waals surface area contributed by atoms with Crippen LogP contribution in [0.3, 0.4) is 0 Å². The van der Waals surface area contributed by atoms with E-state index < -0.39 is 77.3 Å². The number of para-hydroxylation sites is 2. The lowest BCUT2D eigenvalue weighted by atomic mass is 9.65. The molecular formula is C54H48N4O13S. The minimum Gasteiger partial charge on any atom is -0.491 e. The Morgan fingerprint density at radius 1 is 0.819 bits per heavy atom. The number of carbonyl (C=O) groups excluding carboxylic acids is 6. The number of morpholine rings is 1. The first-order valence-corrected chi connectivity index (χ1v) is 23.7. The maximum atomic E-state index is 16.6. The fourth-order valence-electron chi connectivity index (χ4n) is 10.1. The summed E-state index contributed by atoms with van der Waals surface area (Å²) < 4.78 is 34.2. The van der Waals surface area contributed by atoms with Crippen molar-refractivity contribution in [1.82, 2.24) is 9.88 Å². The predicted molar refractivity (Wildman–Crippen MR) is 261 cm³/mol. The molecule has 3 aliphatic rings. The average Bonchev–Trinajstić information content (AvgIpc) is 4.05. The van der Waals surface area contributed by atoms with Crippen LogP contribution in [0.25, 0.3) is 10.2 Å². The van der Waals surface area contributed by atoms with E-state index in [-0.39, 0.29) is 60.5 Å². The molecule has 0 aliphatic carbocycles. The molecule has 0 unspecified atom stereocenters. The van der Waals surface area contributed by atoms with E-state index in [2.05, 4.69) is 17.2 Å². The van der Waals surface area contributed by atoms with Crippen molar-refractivity contribution >= 4 is 68.2 Å². The normalized spacial score (nSPS) is 21.1. The van der Waals surface area contributed by atoms with E-state index in [9.17, 15) is 19.5 Å². The fraction of sp³-hybridized carbons (Fsp3) is 0.278. The molecule has 5 aromatic carbocycles. The summed E-state index contributed by atoms with van der Waals surface area (Å²) in [5.74, 6) is -1.28. The number of esters is 3. The minimum absolute atomic E-state index is 0.00877. The van der Waals surface area contributed by atoms with Gasteiger partial charge in [0.15, 0.2) is 11.0 Å². The van der Waals surface area contributed by atoms with Crippen LogP contribution in [-0.2, 0) is 53.1 Å². The molecule has 2 fully saturated rings. The number of nitrogens with one attached hydrogen (secondary N) is 1. The van der Waals surface area contributed by atoms with E-state index in [0.717, 1.165) is 23.8 Å². The molecule has 2 N–H and O–H groups in total. The van der Waals surface area contributed by atoms with Gasteiger partial charge >= 0.3 is 24.0 Å². The first-order valence-electron chi connectivity index (χ1n) is 22.9. The van der Waals surface area contributed by atoms with Gasteiger partial charge in [-0.1, -0.05) is 114 Å². The van der Waals surface area contributed by atoms with Gasteiger partial charge in [0.05, 0.1) is 61.3 Å². The van der Waals surface area contributed by atoms with Gasteiger partial charge in [0.2, 0.25) is 11.8 Å². The number of hydrogen-bond acceptors (Lipinski definition) is 16. The third-order valence-electron chi connectivity index (χ3n) is 13.0. The summed E-state index contributed by atoms with van der Waals surface area (Å²) in [5, 5.41) is 13.3. The molecule has 9 rings (SSSR count). The molecule has 0 bridgehead atoms. The highest BCUT2D eigenvalue weighted by Gasteiger charge is 2.76. The SMILES string of the molecule is COCCOC(=O)N1C(=O)[C@@]2(c3cc(C#CCC(C(=O)OC)C(=O)OC)ccc31)[C@H](c1ccccc1OCCO)N1[C@H](c3ccccc3)[C@H](c3ccccc3)OC(=O)[C@H]1[C@@H]2C(=O)Nc1nc2ccccc2s1. The maximum absolute atomic E-state index is 16.6. The minimum atomic E-state index is -2.25. The summed E-state index contributed by atoms with van der Waals surface area (Å²) >= 11 is 1.19. The third-order valence-corrected chi connectivity index (χ3v) is 14.0. The Morgan fingerprint density at radius 2 is 1.50 bits per heavy atom. The maximum Gasteiger partial charge on any atom is 0.421 e. The topological polar surface area (TPSA) is 209 Å². The van der Waals surface area contributed by atoms with Gasteiger partial charge in [-0.3, -0.25) is 28.9 Å². The van der Waals surface area contributed by atoms with Crippen LogP contribution in [0.15, 0.2) is 127 Å². The Bertz CT molecular complexity index is 3050. The Hall–Kier alpha value is -7.95. The summed E-state index contributed by atoms with van der Waals surface area (Å²) in [6.45, 7) is -0.800. The van der Waals surface area contributed by atoms with Gasteiger partial charge in [-0.05, 0) is 53.1 Å². The Morgan fingerprint density at radius 3 is 2.19 bits per heavy atom. The van der Waals surface area contributed by atoms with Crippen molar-refractivity contribution in [3.63, 3.8) is 0 Å². The smallest absolute Gasteiger partial charge is 0.421 e.